The van der Waals surface area contributed by atoms with Crippen LogP contribution in [0, 0.1) is 5.41 Å². The van der Waals surface area contributed by atoms with Gasteiger partial charge in [0.15, 0.2) is 0 Å². The zero-order valence-electron chi connectivity index (χ0n) is 7.81. The predicted octanol–water partition coefficient (Wildman–Crippen LogP) is 1.63. The first-order valence-corrected chi connectivity index (χ1v) is 4.70. The van der Waals surface area contributed by atoms with Gasteiger partial charge in [-0.3, -0.25) is 0 Å². The number of nitrogens with zero attached hydrogens (tertiary/aromatic N) is 1. The fourth-order valence-corrected chi connectivity index (χ4v) is 2.23. The molecule has 0 amide bonds. The quantitative estimate of drug-likeness (QED) is 0.588. The summed E-state index contributed by atoms with van der Waals surface area (Å²) in [5.41, 5.74) is 1.69. The molecule has 0 bridgehead atoms. The van der Waals surface area contributed by atoms with Gasteiger partial charge in [0, 0.05) is 30.8 Å². The smallest absolute Gasteiger partial charge is 0.0540 e. The Kier molecular flexibility index (Phi) is 1.87. The summed E-state index contributed by atoms with van der Waals surface area (Å²) in [6, 6.07) is 0. The molecule has 2 heteroatoms. The Bertz CT molecular complexity index is 194. The van der Waals surface area contributed by atoms with Crippen LogP contribution in [0.25, 0.3) is 0 Å². The van der Waals surface area contributed by atoms with Gasteiger partial charge < -0.3 is 9.64 Å². The summed E-state index contributed by atoms with van der Waals surface area (Å²) < 4.78 is 5.45. The molecule has 2 heterocycles. The summed E-state index contributed by atoms with van der Waals surface area (Å²) in [7, 11) is 0. The van der Waals surface area contributed by atoms with Gasteiger partial charge in [-0.25, -0.2) is 0 Å². The van der Waals surface area contributed by atoms with E-state index in [1.807, 2.05) is 0 Å². The number of hydrogen-bond acceptors (Lipinski definition) is 2. The summed E-state index contributed by atoms with van der Waals surface area (Å²) in [6.45, 7) is 10.3. The van der Waals surface area contributed by atoms with Crippen LogP contribution in [0.3, 0.4) is 0 Å². The first-order chi connectivity index (χ1) is 5.72. The molecule has 1 unspecified atom stereocenters. The molecule has 2 aliphatic heterocycles. The zero-order chi connectivity index (χ0) is 8.60. The summed E-state index contributed by atoms with van der Waals surface area (Å²) in [6.07, 6.45) is 2.54. The van der Waals surface area contributed by atoms with E-state index in [0.29, 0.717) is 5.41 Å². The molecule has 0 aromatic heterocycles. The van der Waals surface area contributed by atoms with Gasteiger partial charge in [-0.1, -0.05) is 6.58 Å². The third kappa shape index (κ3) is 1.24. The molecule has 2 aliphatic rings. The molecule has 0 aromatic rings. The van der Waals surface area contributed by atoms with Crippen LogP contribution in [0.5, 0.6) is 0 Å². The maximum Gasteiger partial charge on any atom is 0.0540 e. The van der Waals surface area contributed by atoms with Crippen molar-refractivity contribution in [2.45, 2.75) is 19.8 Å². The van der Waals surface area contributed by atoms with Crippen LogP contribution in [0.2, 0.25) is 0 Å². The van der Waals surface area contributed by atoms with E-state index in [0.717, 1.165) is 13.2 Å². The summed E-state index contributed by atoms with van der Waals surface area (Å²) >= 11 is 0. The topological polar surface area (TPSA) is 12.5 Å². The van der Waals surface area contributed by atoms with Crippen LogP contribution in [-0.2, 0) is 4.74 Å². The van der Waals surface area contributed by atoms with Crippen LogP contribution in [0.1, 0.15) is 19.8 Å². The highest BCUT2D eigenvalue weighted by Crippen LogP contribution is 2.38. The fourth-order valence-electron chi connectivity index (χ4n) is 2.23. The fraction of sp³-hybridized carbons (Fsp3) is 0.800. The number of rotatable bonds is 1. The maximum absolute atomic E-state index is 5.45. The van der Waals surface area contributed by atoms with E-state index in [1.54, 1.807) is 0 Å². The predicted molar refractivity (Wildman–Crippen MR) is 48.9 cm³/mol. The third-order valence-corrected chi connectivity index (χ3v) is 3.16. The monoisotopic (exact) mass is 167 g/mol. The van der Waals surface area contributed by atoms with Crippen molar-refractivity contribution in [2.24, 2.45) is 5.41 Å². The van der Waals surface area contributed by atoms with Gasteiger partial charge in [0.25, 0.3) is 0 Å². The highest BCUT2D eigenvalue weighted by molar-refractivity contribution is 5.00. The van der Waals surface area contributed by atoms with Crippen molar-refractivity contribution in [3.8, 4) is 0 Å². The molecule has 2 nitrogen and oxygen atoms in total. The lowest BCUT2D eigenvalue weighted by Gasteiger charge is -2.23. The molecule has 68 valence electrons. The van der Waals surface area contributed by atoms with Crippen molar-refractivity contribution < 1.29 is 4.74 Å². The lowest BCUT2D eigenvalue weighted by molar-refractivity contribution is 0.155. The Labute approximate surface area is 74.2 Å². The number of likely N-dealkylation sites (tertiary alicyclic amines) is 1. The maximum atomic E-state index is 5.45. The Morgan fingerprint density at radius 1 is 1.50 bits per heavy atom. The molecule has 0 saturated carbocycles. The molecule has 12 heavy (non-hydrogen) atoms. The van der Waals surface area contributed by atoms with Crippen LogP contribution in [0.15, 0.2) is 12.3 Å². The Morgan fingerprint density at radius 2 is 2.33 bits per heavy atom. The lowest BCUT2D eigenvalue weighted by Crippen LogP contribution is -2.26. The zero-order valence-corrected chi connectivity index (χ0v) is 7.81. The first kappa shape index (κ1) is 8.11. The van der Waals surface area contributed by atoms with Crippen molar-refractivity contribution >= 4 is 0 Å². The SMILES string of the molecule is C=C(C)N1CCC2(CCOC2)C1. The van der Waals surface area contributed by atoms with E-state index in [2.05, 4.69) is 18.4 Å². The van der Waals surface area contributed by atoms with Crippen molar-refractivity contribution in [3.05, 3.63) is 12.3 Å². The minimum Gasteiger partial charge on any atom is -0.381 e. The molecule has 2 rings (SSSR count). The van der Waals surface area contributed by atoms with Crippen LogP contribution < -0.4 is 0 Å². The van der Waals surface area contributed by atoms with Gasteiger partial charge >= 0.3 is 0 Å². The highest BCUT2D eigenvalue weighted by Gasteiger charge is 2.40. The van der Waals surface area contributed by atoms with Gasteiger partial charge in [0.2, 0.25) is 0 Å². The van der Waals surface area contributed by atoms with E-state index < -0.39 is 0 Å². The van der Waals surface area contributed by atoms with Gasteiger partial charge in [-0.15, -0.1) is 0 Å². The second-order valence-electron chi connectivity index (χ2n) is 4.21. The average molecular weight is 167 g/mol. The molecule has 0 aliphatic carbocycles. The molecule has 0 aromatic carbocycles. The van der Waals surface area contributed by atoms with Crippen molar-refractivity contribution in [1.82, 2.24) is 4.90 Å². The van der Waals surface area contributed by atoms with E-state index >= 15 is 0 Å². The van der Waals surface area contributed by atoms with E-state index in [4.69, 9.17) is 4.74 Å². The molecular formula is C10H17NO. The molecule has 1 spiro atoms. The van der Waals surface area contributed by atoms with Gasteiger partial charge in [-0.2, -0.15) is 0 Å². The second-order valence-corrected chi connectivity index (χ2v) is 4.21. The normalized spacial score (nSPS) is 34.9. The third-order valence-electron chi connectivity index (χ3n) is 3.16. The van der Waals surface area contributed by atoms with Gasteiger partial charge in [-0.05, 0) is 19.8 Å². The number of ether oxygens (including phenoxy) is 1. The lowest BCUT2D eigenvalue weighted by atomic mass is 9.87. The summed E-state index contributed by atoms with van der Waals surface area (Å²) in [5.74, 6) is 0. The Morgan fingerprint density at radius 3 is 2.83 bits per heavy atom. The standard InChI is InChI=1S/C10H17NO/c1-9(2)11-5-3-10(7-11)4-6-12-8-10/h1,3-8H2,2H3. The number of hydrogen-bond donors (Lipinski definition) is 0. The first-order valence-electron chi connectivity index (χ1n) is 4.70. The van der Waals surface area contributed by atoms with Crippen molar-refractivity contribution in [1.29, 1.82) is 0 Å². The van der Waals surface area contributed by atoms with E-state index in [1.165, 1.54) is 31.6 Å². The second kappa shape index (κ2) is 2.77. The van der Waals surface area contributed by atoms with Crippen LogP contribution >= 0.6 is 0 Å². The minimum absolute atomic E-state index is 0.485. The molecule has 0 N–H and O–H groups in total. The minimum atomic E-state index is 0.485. The van der Waals surface area contributed by atoms with E-state index in [-0.39, 0.29) is 0 Å². The molecule has 2 fully saturated rings. The van der Waals surface area contributed by atoms with Crippen molar-refractivity contribution in [3.63, 3.8) is 0 Å². The number of allylic oxidation sites excluding steroid dienone is 1. The molecular weight excluding hydrogens is 150 g/mol. The average Bonchev–Trinajstić information content (AvgIpc) is 2.62. The van der Waals surface area contributed by atoms with Gasteiger partial charge in [0.1, 0.15) is 0 Å². The van der Waals surface area contributed by atoms with Crippen LogP contribution in [-0.4, -0.2) is 31.2 Å². The summed E-state index contributed by atoms with van der Waals surface area (Å²) in [4.78, 5) is 2.38. The van der Waals surface area contributed by atoms with E-state index in [9.17, 15) is 0 Å². The summed E-state index contributed by atoms with van der Waals surface area (Å²) in [5, 5.41) is 0. The Hall–Kier alpha value is -0.500. The largest absolute Gasteiger partial charge is 0.381 e. The molecule has 0 radical (unpaired) electrons. The highest BCUT2D eigenvalue weighted by atomic mass is 16.5. The molecule has 1 atom stereocenters. The molecule has 2 saturated heterocycles. The van der Waals surface area contributed by atoms with Crippen LogP contribution in [0.4, 0.5) is 0 Å². The van der Waals surface area contributed by atoms with Crippen molar-refractivity contribution in [2.75, 3.05) is 26.3 Å². The van der Waals surface area contributed by atoms with Gasteiger partial charge in [0.05, 0.1) is 6.61 Å². The Balaban J connectivity index is 2.01.